The summed E-state index contributed by atoms with van der Waals surface area (Å²) in [5.41, 5.74) is 1.52. The zero-order chi connectivity index (χ0) is 19.1. The van der Waals surface area contributed by atoms with Gasteiger partial charge in [0.25, 0.3) is 10.0 Å². The lowest BCUT2D eigenvalue weighted by molar-refractivity contribution is 0.209. The number of fused-ring (bicyclic) bond motifs is 1. The first kappa shape index (κ1) is 18.6. The Kier molecular flexibility index (Phi) is 4.85. The van der Waals surface area contributed by atoms with Crippen molar-refractivity contribution in [3.63, 3.8) is 0 Å². The Morgan fingerprint density at radius 2 is 2.04 bits per heavy atom. The highest BCUT2D eigenvalue weighted by Gasteiger charge is 2.43. The summed E-state index contributed by atoms with van der Waals surface area (Å²) >= 11 is 1.15. The lowest BCUT2D eigenvalue weighted by atomic mass is 9.94. The molecule has 0 saturated carbocycles. The largest absolute Gasteiger partial charge is 0.383 e. The first-order chi connectivity index (χ1) is 12.9. The second-order valence-corrected chi connectivity index (χ2v) is 9.86. The molecular weight excluding hydrogens is 387 g/mol. The van der Waals surface area contributed by atoms with Crippen molar-refractivity contribution in [2.24, 2.45) is 0 Å². The number of rotatable bonds is 6. The molecule has 0 bridgehead atoms. The van der Waals surface area contributed by atoms with Crippen LogP contribution in [0.15, 0.2) is 28.6 Å². The summed E-state index contributed by atoms with van der Waals surface area (Å²) in [6.45, 7) is 4.82. The highest BCUT2D eigenvalue weighted by atomic mass is 32.2. The Morgan fingerprint density at radius 3 is 2.70 bits per heavy atom. The van der Waals surface area contributed by atoms with Crippen molar-refractivity contribution < 1.29 is 12.8 Å². The molecule has 0 unspecified atom stereocenters. The van der Waals surface area contributed by atoms with Crippen LogP contribution in [-0.2, 0) is 10.0 Å². The van der Waals surface area contributed by atoms with Gasteiger partial charge in [0.1, 0.15) is 10.7 Å². The summed E-state index contributed by atoms with van der Waals surface area (Å²) in [7, 11) is -4.01. The van der Waals surface area contributed by atoms with Gasteiger partial charge in [-0.25, -0.2) is 17.8 Å². The molecule has 2 N–H and O–H groups in total. The minimum atomic E-state index is -4.01. The highest BCUT2D eigenvalue weighted by Crippen LogP contribution is 2.39. The van der Waals surface area contributed by atoms with E-state index >= 15 is 0 Å². The van der Waals surface area contributed by atoms with Crippen LogP contribution in [0.4, 0.5) is 15.2 Å². The number of nitrogens with one attached hydrogen (secondary N) is 2. The second kappa shape index (κ2) is 7.03. The average Bonchev–Trinajstić information content (AvgIpc) is 3.31. The van der Waals surface area contributed by atoms with Crippen LogP contribution >= 0.6 is 11.3 Å². The van der Waals surface area contributed by atoms with E-state index in [1.165, 1.54) is 31.2 Å². The number of nitrogens with zero attached hydrogens (tertiary/aromatic N) is 2. The van der Waals surface area contributed by atoms with E-state index in [1.807, 2.05) is 0 Å². The molecule has 2 saturated heterocycles. The summed E-state index contributed by atoms with van der Waals surface area (Å²) < 4.78 is 41.9. The number of aromatic nitrogens is 1. The van der Waals surface area contributed by atoms with Gasteiger partial charge < -0.3 is 5.32 Å². The molecule has 27 heavy (non-hydrogen) atoms. The average molecular weight is 411 g/mol. The smallest absolute Gasteiger partial charge is 0.266 e. The van der Waals surface area contributed by atoms with E-state index in [9.17, 15) is 12.8 Å². The minimum absolute atomic E-state index is 0.167. The molecule has 1 aromatic heterocycles. The molecule has 4 rings (SSSR count). The Balaban J connectivity index is 1.53. The zero-order valence-electron chi connectivity index (χ0n) is 15.2. The van der Waals surface area contributed by atoms with E-state index in [0.29, 0.717) is 11.3 Å². The lowest BCUT2D eigenvalue weighted by Gasteiger charge is -2.33. The van der Waals surface area contributed by atoms with Crippen molar-refractivity contribution in [1.82, 2.24) is 9.88 Å². The van der Waals surface area contributed by atoms with Gasteiger partial charge in [0.15, 0.2) is 5.13 Å². The summed E-state index contributed by atoms with van der Waals surface area (Å²) in [5.74, 6) is -0.764. The van der Waals surface area contributed by atoms with Gasteiger partial charge in [0.2, 0.25) is 0 Å². The molecule has 9 heteroatoms. The van der Waals surface area contributed by atoms with Crippen LogP contribution in [-0.4, -0.2) is 43.5 Å². The van der Waals surface area contributed by atoms with Crippen LogP contribution in [0.25, 0.3) is 0 Å². The SMILES string of the molecule is Cc1cc(S(=O)(=O)Nc2nccs2)c(F)cc1NCC12CCCN1CCC2. The van der Waals surface area contributed by atoms with Crippen LogP contribution < -0.4 is 10.0 Å². The molecule has 2 aromatic rings. The van der Waals surface area contributed by atoms with Crippen molar-refractivity contribution in [1.29, 1.82) is 0 Å². The standard InChI is InChI=1S/C18H23FN4O2S2/c1-13-10-16(27(24,25)22-17-20-6-9-26-17)14(19)11-15(13)21-12-18-4-2-7-23(18)8-3-5-18/h6,9-11,21H,2-5,7-8,12H2,1H3,(H,20,22). The van der Waals surface area contributed by atoms with Crippen LogP contribution in [0.2, 0.25) is 0 Å². The maximum Gasteiger partial charge on any atom is 0.266 e. The van der Waals surface area contributed by atoms with Crippen LogP contribution in [0.5, 0.6) is 0 Å². The highest BCUT2D eigenvalue weighted by molar-refractivity contribution is 7.93. The Labute approximate surface area is 162 Å². The first-order valence-electron chi connectivity index (χ1n) is 9.11. The number of aryl methyl sites for hydroxylation is 1. The molecule has 2 aliphatic heterocycles. The van der Waals surface area contributed by atoms with Crippen molar-refractivity contribution in [3.8, 4) is 0 Å². The molecule has 0 amide bonds. The molecule has 1 aromatic carbocycles. The summed E-state index contributed by atoms with van der Waals surface area (Å²) in [6.07, 6.45) is 6.21. The van der Waals surface area contributed by atoms with Gasteiger partial charge in [-0.1, -0.05) is 0 Å². The Morgan fingerprint density at radius 1 is 1.30 bits per heavy atom. The van der Waals surface area contributed by atoms with Gasteiger partial charge in [0, 0.05) is 29.3 Å². The van der Waals surface area contributed by atoms with Gasteiger partial charge in [0.05, 0.1) is 0 Å². The van der Waals surface area contributed by atoms with Crippen molar-refractivity contribution >= 4 is 32.2 Å². The van der Waals surface area contributed by atoms with Gasteiger partial charge in [-0.3, -0.25) is 9.62 Å². The molecule has 0 radical (unpaired) electrons. The van der Waals surface area contributed by atoms with Gasteiger partial charge >= 0.3 is 0 Å². The fourth-order valence-corrected chi connectivity index (χ4v) is 6.20. The molecular formula is C18H23FN4O2S2. The molecule has 0 spiro atoms. The number of hydrogen-bond acceptors (Lipinski definition) is 6. The summed E-state index contributed by atoms with van der Waals surface area (Å²) in [4.78, 5) is 6.06. The molecule has 3 heterocycles. The molecule has 6 nitrogen and oxygen atoms in total. The lowest BCUT2D eigenvalue weighted by Crippen LogP contribution is -2.44. The van der Waals surface area contributed by atoms with Gasteiger partial charge in [-0.2, -0.15) is 0 Å². The first-order valence-corrected chi connectivity index (χ1v) is 11.5. The predicted octanol–water partition coefficient (Wildman–Crippen LogP) is 3.43. The third-order valence-corrected chi connectivity index (χ3v) is 7.81. The van der Waals surface area contributed by atoms with E-state index in [1.54, 1.807) is 12.3 Å². The minimum Gasteiger partial charge on any atom is -0.383 e. The van der Waals surface area contributed by atoms with Crippen LogP contribution in [0.1, 0.15) is 31.2 Å². The van der Waals surface area contributed by atoms with Gasteiger partial charge in [-0.05, 0) is 63.4 Å². The molecule has 0 aliphatic carbocycles. The third-order valence-electron chi connectivity index (χ3n) is 5.64. The van der Waals surface area contributed by atoms with Crippen LogP contribution in [0, 0.1) is 12.7 Å². The third kappa shape index (κ3) is 3.55. The molecule has 2 fully saturated rings. The van der Waals surface area contributed by atoms with E-state index in [4.69, 9.17) is 0 Å². The van der Waals surface area contributed by atoms with E-state index in [-0.39, 0.29) is 15.6 Å². The zero-order valence-corrected chi connectivity index (χ0v) is 16.8. The van der Waals surface area contributed by atoms with Crippen molar-refractivity contribution in [2.75, 3.05) is 29.7 Å². The number of thiazole rings is 1. The fourth-order valence-electron chi connectivity index (χ4n) is 4.27. The Bertz CT molecular complexity index is 921. The number of hydrogen-bond donors (Lipinski definition) is 2. The maximum absolute atomic E-state index is 14.6. The second-order valence-electron chi connectivity index (χ2n) is 7.31. The van der Waals surface area contributed by atoms with E-state index in [0.717, 1.165) is 43.8 Å². The molecule has 146 valence electrons. The molecule has 0 atom stereocenters. The topological polar surface area (TPSA) is 74.3 Å². The van der Waals surface area contributed by atoms with Crippen LogP contribution in [0.3, 0.4) is 0 Å². The summed E-state index contributed by atoms with van der Waals surface area (Å²) in [5, 5.41) is 5.25. The van der Waals surface area contributed by atoms with Crippen molar-refractivity contribution in [3.05, 3.63) is 35.1 Å². The number of halogens is 1. The molecule has 2 aliphatic rings. The normalized spacial score (nSPS) is 19.2. The quantitative estimate of drug-likeness (QED) is 0.763. The fraction of sp³-hybridized carbons (Fsp3) is 0.500. The number of anilines is 2. The maximum atomic E-state index is 14.6. The van der Waals surface area contributed by atoms with Gasteiger partial charge in [-0.15, -0.1) is 11.3 Å². The Hall–Kier alpha value is -1.71. The summed E-state index contributed by atoms with van der Waals surface area (Å²) in [6, 6.07) is 2.67. The van der Waals surface area contributed by atoms with E-state index in [2.05, 4.69) is 19.9 Å². The predicted molar refractivity (Wildman–Crippen MR) is 105 cm³/mol. The van der Waals surface area contributed by atoms with Crippen molar-refractivity contribution in [2.45, 2.75) is 43.0 Å². The number of benzene rings is 1. The number of sulfonamides is 1. The monoisotopic (exact) mass is 410 g/mol. The van der Waals surface area contributed by atoms with E-state index < -0.39 is 15.8 Å².